The van der Waals surface area contributed by atoms with E-state index in [9.17, 15) is 18.0 Å². The zero-order chi connectivity index (χ0) is 26.2. The minimum Gasteiger partial charge on any atom is -0.480 e. The molecule has 192 valence electrons. The number of aromatic nitrogens is 4. The molecule has 12 heteroatoms. The molecule has 4 aromatic rings. The van der Waals surface area contributed by atoms with Crippen LogP contribution in [-0.2, 0) is 12.7 Å². The van der Waals surface area contributed by atoms with Crippen LogP contribution < -0.4 is 15.8 Å². The molecule has 0 spiro atoms. The van der Waals surface area contributed by atoms with Gasteiger partial charge in [-0.25, -0.2) is 14.5 Å². The van der Waals surface area contributed by atoms with E-state index < -0.39 is 17.6 Å². The topological polar surface area (TPSA) is 111 Å². The molecule has 0 unspecified atom stereocenters. The van der Waals surface area contributed by atoms with E-state index >= 15 is 0 Å². The number of methoxy groups -OCH3 is 1. The van der Waals surface area contributed by atoms with Crippen molar-refractivity contribution in [3.05, 3.63) is 71.7 Å². The third kappa shape index (κ3) is 4.92. The number of alkyl halides is 3. The maximum absolute atomic E-state index is 13.7. The highest BCUT2D eigenvalue weighted by molar-refractivity contribution is 5.97. The zero-order valence-corrected chi connectivity index (χ0v) is 19.9. The van der Waals surface area contributed by atoms with Crippen LogP contribution in [0.5, 0.6) is 5.88 Å². The predicted octanol–water partition coefficient (Wildman–Crippen LogP) is 3.41. The molecule has 1 aliphatic rings. The van der Waals surface area contributed by atoms with Crippen molar-refractivity contribution in [3.63, 3.8) is 0 Å². The number of hydrogen-bond donors (Lipinski definition) is 2. The lowest BCUT2D eigenvalue weighted by molar-refractivity contribution is -0.136. The molecule has 4 heterocycles. The molecule has 1 saturated heterocycles. The van der Waals surface area contributed by atoms with Crippen LogP contribution in [0.3, 0.4) is 0 Å². The normalized spacial score (nSPS) is 16.3. The van der Waals surface area contributed by atoms with Crippen LogP contribution in [0.15, 0.2) is 55.0 Å². The highest BCUT2D eigenvalue weighted by Crippen LogP contribution is 2.39. The summed E-state index contributed by atoms with van der Waals surface area (Å²) in [6.07, 6.45) is -1.52. The van der Waals surface area contributed by atoms with Crippen LogP contribution >= 0.6 is 0 Å². The molecule has 1 aromatic carbocycles. The van der Waals surface area contributed by atoms with Crippen molar-refractivity contribution in [1.29, 1.82) is 0 Å². The molecule has 0 saturated carbocycles. The van der Waals surface area contributed by atoms with Gasteiger partial charge in [0.25, 0.3) is 5.91 Å². The SMILES string of the molecule is COc1ncc(-c2cc(C(F)(F)F)c3c(N)ncnn23)cc1C(=O)N[C@@H]1CCN(Cc2ccccc2)C1. The van der Waals surface area contributed by atoms with Gasteiger partial charge in [0.15, 0.2) is 5.82 Å². The Morgan fingerprint density at radius 2 is 2.00 bits per heavy atom. The maximum Gasteiger partial charge on any atom is 0.418 e. The van der Waals surface area contributed by atoms with Gasteiger partial charge in [-0.15, -0.1) is 0 Å². The number of carbonyl (C=O) groups excluding carboxylic acids is 1. The average molecular weight is 512 g/mol. The van der Waals surface area contributed by atoms with Crippen LogP contribution in [0.4, 0.5) is 19.0 Å². The first-order valence-corrected chi connectivity index (χ1v) is 11.6. The summed E-state index contributed by atoms with van der Waals surface area (Å²) in [6, 6.07) is 12.3. The van der Waals surface area contributed by atoms with E-state index in [4.69, 9.17) is 10.5 Å². The molecule has 1 fully saturated rings. The van der Waals surface area contributed by atoms with Crippen LogP contribution in [0.1, 0.15) is 27.9 Å². The minimum absolute atomic E-state index is 0.0615. The van der Waals surface area contributed by atoms with Crippen molar-refractivity contribution in [2.24, 2.45) is 0 Å². The van der Waals surface area contributed by atoms with Crippen LogP contribution in [-0.4, -0.2) is 56.6 Å². The summed E-state index contributed by atoms with van der Waals surface area (Å²) in [4.78, 5) is 23.4. The first-order valence-electron chi connectivity index (χ1n) is 11.6. The predicted molar refractivity (Wildman–Crippen MR) is 130 cm³/mol. The molecular weight excluding hydrogens is 487 g/mol. The van der Waals surface area contributed by atoms with Gasteiger partial charge in [-0.3, -0.25) is 9.69 Å². The molecule has 1 atom stereocenters. The first-order chi connectivity index (χ1) is 17.7. The number of halogens is 3. The fourth-order valence-electron chi connectivity index (χ4n) is 4.61. The number of nitrogen functional groups attached to an aromatic ring is 1. The number of fused-ring (bicyclic) bond motifs is 1. The Morgan fingerprint density at radius 3 is 2.73 bits per heavy atom. The molecule has 1 amide bonds. The summed E-state index contributed by atoms with van der Waals surface area (Å²) < 4.78 is 47.5. The highest BCUT2D eigenvalue weighted by atomic mass is 19.4. The van der Waals surface area contributed by atoms with Crippen molar-refractivity contribution in [2.45, 2.75) is 25.2 Å². The number of likely N-dealkylation sites (tertiary alicyclic amines) is 1. The second kappa shape index (κ2) is 9.69. The Bertz CT molecular complexity index is 1440. The number of anilines is 1. The number of hydrogen-bond acceptors (Lipinski definition) is 7. The van der Waals surface area contributed by atoms with Crippen LogP contribution in [0.25, 0.3) is 16.8 Å². The fourth-order valence-corrected chi connectivity index (χ4v) is 4.61. The second-order valence-corrected chi connectivity index (χ2v) is 8.81. The van der Waals surface area contributed by atoms with Crippen LogP contribution in [0.2, 0.25) is 0 Å². The number of benzene rings is 1. The van der Waals surface area contributed by atoms with Gasteiger partial charge in [0, 0.05) is 37.4 Å². The van der Waals surface area contributed by atoms with E-state index in [0.29, 0.717) is 6.54 Å². The summed E-state index contributed by atoms with van der Waals surface area (Å²) in [5.41, 5.74) is 6.00. The maximum atomic E-state index is 13.7. The number of carbonyl (C=O) groups is 1. The number of pyridine rings is 1. The van der Waals surface area contributed by atoms with E-state index in [0.717, 1.165) is 36.4 Å². The van der Waals surface area contributed by atoms with Crippen molar-refractivity contribution < 1.29 is 22.7 Å². The Hall–Kier alpha value is -4.19. The van der Waals surface area contributed by atoms with Gasteiger partial charge in [0.05, 0.1) is 18.4 Å². The van der Waals surface area contributed by atoms with Crippen molar-refractivity contribution >= 4 is 17.2 Å². The third-order valence-electron chi connectivity index (χ3n) is 6.33. The number of amides is 1. The van der Waals surface area contributed by atoms with E-state index in [2.05, 4.69) is 37.4 Å². The van der Waals surface area contributed by atoms with Crippen LogP contribution in [0, 0.1) is 0 Å². The lowest BCUT2D eigenvalue weighted by Gasteiger charge is -2.17. The molecule has 5 rings (SSSR count). The lowest BCUT2D eigenvalue weighted by atomic mass is 10.1. The quantitative estimate of drug-likeness (QED) is 0.408. The summed E-state index contributed by atoms with van der Waals surface area (Å²) in [5, 5.41) is 6.96. The number of nitrogens with two attached hydrogens (primary N) is 1. The molecular formula is C25H24F3N7O2. The smallest absolute Gasteiger partial charge is 0.418 e. The molecule has 9 nitrogen and oxygen atoms in total. The molecule has 0 radical (unpaired) electrons. The number of nitrogens with one attached hydrogen (secondary N) is 1. The Kier molecular flexibility index (Phi) is 6.42. The summed E-state index contributed by atoms with van der Waals surface area (Å²) in [7, 11) is 1.37. The number of rotatable bonds is 6. The zero-order valence-electron chi connectivity index (χ0n) is 19.9. The van der Waals surface area contributed by atoms with Gasteiger partial charge in [-0.05, 0) is 24.1 Å². The summed E-state index contributed by atoms with van der Waals surface area (Å²) in [6.45, 7) is 2.28. The Balaban J connectivity index is 1.41. The molecule has 1 aliphatic heterocycles. The number of ether oxygens (including phenoxy) is 1. The van der Waals surface area contributed by atoms with E-state index in [1.54, 1.807) is 0 Å². The Morgan fingerprint density at radius 1 is 1.22 bits per heavy atom. The third-order valence-corrected chi connectivity index (χ3v) is 6.33. The molecule has 3 aromatic heterocycles. The van der Waals surface area contributed by atoms with Crippen molar-refractivity contribution in [1.82, 2.24) is 29.8 Å². The average Bonchev–Trinajstić information content (AvgIpc) is 3.49. The van der Waals surface area contributed by atoms with E-state index in [1.807, 2.05) is 18.2 Å². The van der Waals surface area contributed by atoms with Gasteiger partial charge < -0.3 is 15.8 Å². The van der Waals surface area contributed by atoms with Gasteiger partial charge in [0.1, 0.15) is 17.4 Å². The van der Waals surface area contributed by atoms with Gasteiger partial charge in [-0.2, -0.15) is 18.3 Å². The lowest BCUT2D eigenvalue weighted by Crippen LogP contribution is -2.37. The van der Waals surface area contributed by atoms with E-state index in [-0.39, 0.29) is 40.1 Å². The fraction of sp³-hybridized carbons (Fsp3) is 0.280. The summed E-state index contributed by atoms with van der Waals surface area (Å²) >= 11 is 0. The molecule has 0 bridgehead atoms. The number of nitrogens with zero attached hydrogens (tertiary/aromatic N) is 5. The summed E-state index contributed by atoms with van der Waals surface area (Å²) in [5.74, 6) is -0.676. The molecule has 37 heavy (non-hydrogen) atoms. The van der Waals surface area contributed by atoms with Gasteiger partial charge in [0.2, 0.25) is 5.88 Å². The first kappa shape index (κ1) is 24.5. The second-order valence-electron chi connectivity index (χ2n) is 8.81. The van der Waals surface area contributed by atoms with Gasteiger partial charge in [-0.1, -0.05) is 30.3 Å². The van der Waals surface area contributed by atoms with Gasteiger partial charge >= 0.3 is 6.18 Å². The van der Waals surface area contributed by atoms with Crippen molar-refractivity contribution in [3.8, 4) is 17.1 Å². The minimum atomic E-state index is -4.68. The standard InChI is InChI=1S/C25H24F3N7O2/c1-37-24-18(23(36)33-17-7-8-34(13-17)12-15-5-3-2-4-6-15)9-16(11-30-24)20-10-19(25(26,27)28)21-22(29)31-14-32-35(20)21/h2-6,9-11,14,17H,7-8,12-13H2,1H3,(H,33,36)(H2,29,31,32)/t17-/m1/s1. The van der Waals surface area contributed by atoms with Crippen molar-refractivity contribution in [2.75, 3.05) is 25.9 Å². The monoisotopic (exact) mass is 511 g/mol. The highest BCUT2D eigenvalue weighted by Gasteiger charge is 2.37. The largest absolute Gasteiger partial charge is 0.480 e. The Labute approximate surface area is 210 Å². The van der Waals surface area contributed by atoms with E-state index in [1.165, 1.54) is 24.9 Å². The molecule has 3 N–H and O–H groups in total. The molecule has 0 aliphatic carbocycles.